The summed E-state index contributed by atoms with van der Waals surface area (Å²) in [5.41, 5.74) is 2.87. The fraction of sp³-hybridized carbons (Fsp3) is 0.429. The predicted molar refractivity (Wildman–Crippen MR) is 141 cm³/mol. The van der Waals surface area contributed by atoms with Gasteiger partial charge in [-0.05, 0) is 80.8 Å². The number of halogens is 1. The van der Waals surface area contributed by atoms with Gasteiger partial charge in [-0.3, -0.25) is 14.2 Å². The van der Waals surface area contributed by atoms with E-state index in [0.29, 0.717) is 28.9 Å². The van der Waals surface area contributed by atoms with Crippen LogP contribution >= 0.6 is 11.6 Å². The molecule has 2 N–H and O–H groups in total. The van der Waals surface area contributed by atoms with Gasteiger partial charge in [-0.2, -0.15) is 0 Å². The van der Waals surface area contributed by atoms with E-state index in [1.54, 1.807) is 35.9 Å². The highest BCUT2D eigenvalue weighted by Crippen LogP contribution is 2.31. The molecule has 1 aliphatic carbocycles. The van der Waals surface area contributed by atoms with Crippen LogP contribution in [-0.4, -0.2) is 42.6 Å². The summed E-state index contributed by atoms with van der Waals surface area (Å²) in [6.45, 7) is 3.43. The van der Waals surface area contributed by atoms with Crippen LogP contribution in [-0.2, 0) is 11.2 Å². The zero-order valence-corrected chi connectivity index (χ0v) is 21.3. The first-order valence-electron chi connectivity index (χ1n) is 12.5. The number of nitrogens with one attached hydrogen (secondary N) is 2. The second-order valence-electron chi connectivity index (χ2n) is 9.26. The molecule has 1 heterocycles. The van der Waals surface area contributed by atoms with Gasteiger partial charge in [-0.15, -0.1) is 0 Å². The molecule has 35 heavy (non-hydrogen) atoms. The van der Waals surface area contributed by atoms with Gasteiger partial charge >= 0.3 is 0 Å². The minimum Gasteiger partial charge on any atom is -0.497 e. The summed E-state index contributed by atoms with van der Waals surface area (Å²) < 4.78 is 7.09. The lowest BCUT2D eigenvalue weighted by atomic mass is 9.95. The van der Waals surface area contributed by atoms with E-state index in [-0.39, 0.29) is 18.2 Å². The average Bonchev–Trinajstić information content (AvgIpc) is 3.14. The van der Waals surface area contributed by atoms with Gasteiger partial charge in [0.1, 0.15) is 5.75 Å². The molecule has 1 aliphatic rings. The van der Waals surface area contributed by atoms with Gasteiger partial charge < -0.3 is 15.4 Å². The summed E-state index contributed by atoms with van der Waals surface area (Å²) in [5, 5.41) is 8.08. The Balaban J connectivity index is 1.47. The van der Waals surface area contributed by atoms with Crippen molar-refractivity contribution in [3.8, 4) is 5.75 Å². The van der Waals surface area contributed by atoms with E-state index in [1.165, 1.54) is 32.1 Å². The van der Waals surface area contributed by atoms with Crippen LogP contribution in [0.25, 0.3) is 10.9 Å². The van der Waals surface area contributed by atoms with Gasteiger partial charge in [-0.25, -0.2) is 0 Å². The third-order valence-corrected chi connectivity index (χ3v) is 7.14. The molecular formula is C28H34ClN3O3. The molecule has 4 rings (SSSR count). The third kappa shape index (κ3) is 6.06. The van der Waals surface area contributed by atoms with Crippen LogP contribution in [0.4, 0.5) is 0 Å². The Hall–Kier alpha value is -2.83. The summed E-state index contributed by atoms with van der Waals surface area (Å²) in [7, 11) is 1.61. The summed E-state index contributed by atoms with van der Waals surface area (Å²) >= 11 is 6.00. The molecule has 0 unspecified atom stereocenters. The number of carbonyl (C=O) groups excluding carboxylic acids is 2. The minimum atomic E-state index is -0.158. The number of hydrogen-bond donors (Lipinski definition) is 2. The van der Waals surface area contributed by atoms with Crippen LogP contribution in [0.1, 0.15) is 60.1 Å². The number of fused-ring (bicyclic) bond motifs is 1. The van der Waals surface area contributed by atoms with Crippen molar-refractivity contribution in [2.24, 2.45) is 0 Å². The highest BCUT2D eigenvalue weighted by molar-refractivity contribution is 6.30. The Morgan fingerprint density at radius 3 is 2.51 bits per heavy atom. The van der Waals surface area contributed by atoms with E-state index in [4.69, 9.17) is 16.3 Å². The SMILES string of the molecule is COc1ccc2c(c1)c(CC(=O)NCCCNC1CCCCC1)c(C)n2C(=O)c1ccc(Cl)cc1. The maximum absolute atomic E-state index is 13.4. The van der Waals surface area contributed by atoms with Gasteiger partial charge in [0.2, 0.25) is 5.91 Å². The summed E-state index contributed by atoms with van der Waals surface area (Å²) in [6, 6.07) is 13.1. The molecule has 1 aromatic heterocycles. The van der Waals surface area contributed by atoms with Gasteiger partial charge in [0.25, 0.3) is 5.91 Å². The van der Waals surface area contributed by atoms with Gasteiger partial charge in [0, 0.05) is 34.3 Å². The molecular weight excluding hydrogens is 462 g/mol. The Kier molecular flexibility index (Phi) is 8.47. The van der Waals surface area contributed by atoms with Crippen LogP contribution in [0.3, 0.4) is 0 Å². The molecule has 0 bridgehead atoms. The smallest absolute Gasteiger partial charge is 0.262 e. The standard InChI is InChI=1S/C28H34ClN3O3/c1-19-24(18-27(33)31-16-6-15-30-22-7-4-3-5-8-22)25-17-23(35-2)13-14-26(25)32(19)28(34)20-9-11-21(29)12-10-20/h9-14,17,22,30H,3-8,15-16,18H2,1-2H3,(H,31,33). The fourth-order valence-electron chi connectivity index (χ4n) is 4.95. The number of nitrogens with zero attached hydrogens (tertiary/aromatic N) is 1. The highest BCUT2D eigenvalue weighted by Gasteiger charge is 2.22. The maximum atomic E-state index is 13.4. The van der Waals surface area contributed by atoms with Gasteiger partial charge in [0.15, 0.2) is 0 Å². The van der Waals surface area contributed by atoms with Crippen molar-refractivity contribution >= 4 is 34.3 Å². The normalized spacial score (nSPS) is 14.3. The molecule has 0 spiro atoms. The van der Waals surface area contributed by atoms with Crippen LogP contribution in [0.5, 0.6) is 5.75 Å². The predicted octanol–water partition coefficient (Wildman–Crippen LogP) is 5.27. The lowest BCUT2D eigenvalue weighted by Crippen LogP contribution is -2.34. The summed E-state index contributed by atoms with van der Waals surface area (Å²) in [5.74, 6) is 0.477. The van der Waals surface area contributed by atoms with Crippen molar-refractivity contribution in [2.45, 2.75) is 57.9 Å². The van der Waals surface area contributed by atoms with E-state index in [1.807, 2.05) is 25.1 Å². The average molecular weight is 496 g/mol. The maximum Gasteiger partial charge on any atom is 0.262 e. The van der Waals surface area contributed by atoms with Crippen LogP contribution in [0, 0.1) is 6.92 Å². The Morgan fingerprint density at radius 2 is 1.80 bits per heavy atom. The van der Waals surface area contributed by atoms with Crippen molar-refractivity contribution in [2.75, 3.05) is 20.2 Å². The highest BCUT2D eigenvalue weighted by atomic mass is 35.5. The second kappa shape index (κ2) is 11.7. The van der Waals surface area contributed by atoms with Crippen molar-refractivity contribution in [3.05, 3.63) is 64.3 Å². The molecule has 186 valence electrons. The molecule has 7 heteroatoms. The number of aromatic nitrogens is 1. The minimum absolute atomic E-state index is 0.0495. The Morgan fingerprint density at radius 1 is 1.06 bits per heavy atom. The van der Waals surface area contributed by atoms with Crippen molar-refractivity contribution in [1.82, 2.24) is 15.2 Å². The lowest BCUT2D eigenvalue weighted by molar-refractivity contribution is -0.120. The molecule has 1 fully saturated rings. The van der Waals surface area contributed by atoms with E-state index in [0.717, 1.165) is 35.1 Å². The number of carbonyl (C=O) groups is 2. The topological polar surface area (TPSA) is 72.4 Å². The molecule has 6 nitrogen and oxygen atoms in total. The number of benzene rings is 2. The number of amides is 1. The zero-order chi connectivity index (χ0) is 24.8. The number of rotatable bonds is 9. The van der Waals surface area contributed by atoms with Crippen molar-refractivity contribution in [1.29, 1.82) is 0 Å². The third-order valence-electron chi connectivity index (χ3n) is 6.89. The lowest BCUT2D eigenvalue weighted by Gasteiger charge is -2.22. The van der Waals surface area contributed by atoms with E-state index >= 15 is 0 Å². The first-order chi connectivity index (χ1) is 17.0. The Bertz CT molecular complexity index is 1180. The van der Waals surface area contributed by atoms with Gasteiger partial charge in [-0.1, -0.05) is 30.9 Å². The zero-order valence-electron chi connectivity index (χ0n) is 20.5. The molecule has 1 amide bonds. The first-order valence-corrected chi connectivity index (χ1v) is 12.8. The van der Waals surface area contributed by atoms with Crippen LogP contribution < -0.4 is 15.4 Å². The van der Waals surface area contributed by atoms with Crippen molar-refractivity contribution < 1.29 is 14.3 Å². The van der Waals surface area contributed by atoms with E-state index in [2.05, 4.69) is 10.6 Å². The number of methoxy groups -OCH3 is 1. The second-order valence-corrected chi connectivity index (χ2v) is 9.70. The quantitative estimate of drug-likeness (QED) is 0.396. The molecule has 2 aromatic carbocycles. The monoisotopic (exact) mass is 495 g/mol. The molecule has 1 saturated carbocycles. The Labute approximate surface area is 212 Å². The number of hydrogen-bond acceptors (Lipinski definition) is 4. The number of ether oxygens (including phenoxy) is 1. The van der Waals surface area contributed by atoms with E-state index < -0.39 is 0 Å². The first kappa shape index (κ1) is 25.3. The van der Waals surface area contributed by atoms with Crippen molar-refractivity contribution in [3.63, 3.8) is 0 Å². The fourth-order valence-corrected chi connectivity index (χ4v) is 5.07. The molecule has 0 radical (unpaired) electrons. The molecule has 3 aromatic rings. The molecule has 0 saturated heterocycles. The van der Waals surface area contributed by atoms with Gasteiger partial charge in [0.05, 0.1) is 19.0 Å². The van der Waals surface area contributed by atoms with E-state index in [9.17, 15) is 9.59 Å². The summed E-state index contributed by atoms with van der Waals surface area (Å²) in [6.07, 6.45) is 7.58. The van der Waals surface area contributed by atoms with Crippen LogP contribution in [0.2, 0.25) is 5.02 Å². The molecule has 0 aliphatic heterocycles. The van der Waals surface area contributed by atoms with Crippen LogP contribution in [0.15, 0.2) is 42.5 Å². The molecule has 0 atom stereocenters. The summed E-state index contributed by atoms with van der Waals surface area (Å²) in [4.78, 5) is 26.2. The largest absolute Gasteiger partial charge is 0.497 e.